The Kier molecular flexibility index (Phi) is 26.6. The minimum absolute atomic E-state index is 0.0353. The highest BCUT2D eigenvalue weighted by atomic mass is 16.8. The van der Waals surface area contributed by atoms with Gasteiger partial charge in [0, 0.05) is 0 Å². The van der Waals surface area contributed by atoms with E-state index in [1.807, 2.05) is 40.7 Å². The number of aliphatic hydroxyl groups excluding tert-OH is 21. The lowest BCUT2D eigenvalue weighted by atomic mass is 9.33. The van der Waals surface area contributed by atoms with Crippen LogP contribution in [0.25, 0.3) is 0 Å². The van der Waals surface area contributed by atoms with Crippen LogP contribution in [0.5, 0.6) is 0 Å². The second-order valence-electron chi connectivity index (χ2n) is 36.0. The Morgan fingerprint density at radius 3 is 1.49 bits per heavy atom. The molecule has 4 saturated carbocycles. The number of esters is 1. The first-order valence-electron chi connectivity index (χ1n) is 39.6. The number of rotatable bonds is 22. The molecule has 0 aromatic rings. The molecule has 0 spiro atoms. The second-order valence-corrected chi connectivity index (χ2v) is 36.0. The van der Waals surface area contributed by atoms with Crippen LogP contribution in [-0.2, 0) is 85.4 Å². The maximum atomic E-state index is 15.9. The molecule has 0 aromatic carbocycles. The predicted molar refractivity (Wildman–Crippen MR) is 373 cm³/mol. The summed E-state index contributed by atoms with van der Waals surface area (Å²) in [6.45, 7) is 5.32. The highest BCUT2D eigenvalue weighted by Crippen LogP contribution is 2.76. The van der Waals surface area contributed by atoms with Crippen LogP contribution in [0.4, 0.5) is 0 Å². The van der Waals surface area contributed by atoms with Gasteiger partial charge in [0.05, 0.1) is 83.2 Å². The van der Waals surface area contributed by atoms with Crippen molar-refractivity contribution in [2.45, 2.75) is 326 Å². The van der Waals surface area contributed by atoms with Crippen LogP contribution < -0.4 is 0 Å². The standard InChI is InChI=1S/C74H118O42/c1-26-48(109-57-46(92)49(31(82)21-101-57)110-63-54(94)72(99,22-78)24-103-63)50(111-64-55(95)73(100,23-79)25-104-64)47(93)59(105-26)112-51-38(84)30(81)20-102-60(51)116-66(98)74-13-12-67(2,3)14-28(74)27-8-9-35-68(4)15-29(80)56(71(7,65(96)97)36(68)10-11-69(35,5)70(27,6)16-37(74)83)115-62-53(44(90)41(87)34(19-77)108-62)114-61-52(43(89)40(86)33(18-76)107-61)113-58-45(91)42(88)39(85)32(17-75)106-58/h8,26,28-64,75-95,99-100H,9-25H2,1-7H3,(H,96,97)/t26-,28-,29-,30-,31+,32+,33+,34+,35?,36?,37+,38-,39+,40+,41+,42-,43-,44-,45+,46+,47+,48-,49-,50-,51+,52+,53+,54-,55-,56-,57-,58-,59-,60-,61-,62-,63-,64-,68+,69+,70+,71-,72+,73+,74+/m0/s1. The van der Waals surface area contributed by atoms with Crippen molar-refractivity contribution in [1.82, 2.24) is 0 Å². The summed E-state index contributed by atoms with van der Waals surface area (Å²) in [4.78, 5) is 30.4. The van der Waals surface area contributed by atoms with Gasteiger partial charge in [0.15, 0.2) is 50.1 Å². The molecular formula is C74H118O42. The van der Waals surface area contributed by atoms with Crippen molar-refractivity contribution in [3.63, 3.8) is 0 Å². The van der Waals surface area contributed by atoms with Crippen LogP contribution in [-0.4, -0.2) is 420 Å². The summed E-state index contributed by atoms with van der Waals surface area (Å²) < 4.78 is 95.6. The first-order chi connectivity index (χ1) is 54.4. The van der Waals surface area contributed by atoms with E-state index in [1.54, 1.807) is 0 Å². The topological polar surface area (TPSA) is 667 Å². The molecule has 0 bridgehead atoms. The predicted octanol–water partition coefficient (Wildman–Crippen LogP) is -10.1. The zero-order valence-electron chi connectivity index (χ0n) is 65.1. The summed E-state index contributed by atoms with van der Waals surface area (Å²) in [6.07, 6.45) is -62.5. The van der Waals surface area contributed by atoms with E-state index in [2.05, 4.69) is 0 Å². The molecule has 24 N–H and O–H groups in total. The van der Waals surface area contributed by atoms with Crippen molar-refractivity contribution in [2.75, 3.05) is 59.5 Å². The number of carboxylic acids is 1. The number of ether oxygens (including phenoxy) is 16. The van der Waals surface area contributed by atoms with E-state index < -0.39 is 348 Å². The van der Waals surface area contributed by atoms with Crippen molar-refractivity contribution in [3.05, 3.63) is 11.6 Å². The molecule has 12 fully saturated rings. The quantitative estimate of drug-likeness (QED) is 0.0272. The van der Waals surface area contributed by atoms with Gasteiger partial charge in [-0.3, -0.25) is 9.59 Å². The lowest BCUT2D eigenvalue weighted by Gasteiger charge is -2.71. The molecule has 45 atom stereocenters. The van der Waals surface area contributed by atoms with Gasteiger partial charge in [-0.05, 0) is 105 Å². The maximum Gasteiger partial charge on any atom is 0.317 e. The van der Waals surface area contributed by atoms with Gasteiger partial charge in [-0.15, -0.1) is 0 Å². The van der Waals surface area contributed by atoms with Gasteiger partial charge in [-0.2, -0.15) is 0 Å². The Hall–Kier alpha value is -2.84. The zero-order chi connectivity index (χ0) is 84.7. The number of carboxylic acid groups (broad SMARTS) is 1. The normalized spacial score (nSPS) is 54.8. The van der Waals surface area contributed by atoms with Gasteiger partial charge in [0.1, 0.15) is 157 Å². The number of carbonyl (C=O) groups excluding carboxylic acids is 1. The number of hydrogen-bond donors (Lipinski definition) is 24. The van der Waals surface area contributed by atoms with Gasteiger partial charge < -0.3 is 198 Å². The van der Waals surface area contributed by atoms with E-state index in [4.69, 9.17) is 75.8 Å². The molecule has 8 heterocycles. The van der Waals surface area contributed by atoms with Crippen LogP contribution in [0.2, 0.25) is 0 Å². The second kappa shape index (κ2) is 33.9. The van der Waals surface area contributed by atoms with Gasteiger partial charge in [0.25, 0.3) is 0 Å². The van der Waals surface area contributed by atoms with Crippen LogP contribution in [0.1, 0.15) is 99.8 Å². The monoisotopic (exact) mass is 1680 g/mol. The first-order valence-corrected chi connectivity index (χ1v) is 39.6. The number of carbonyl (C=O) groups is 2. The zero-order valence-corrected chi connectivity index (χ0v) is 65.1. The molecule has 666 valence electrons. The van der Waals surface area contributed by atoms with Crippen LogP contribution >= 0.6 is 0 Å². The number of aliphatic carboxylic acids is 1. The van der Waals surface area contributed by atoms with E-state index in [-0.39, 0.29) is 38.5 Å². The molecular weight excluding hydrogens is 1560 g/mol. The molecule has 8 saturated heterocycles. The Balaban J connectivity index is 0.750. The fourth-order valence-electron chi connectivity index (χ4n) is 21.4. The lowest BCUT2D eigenvalue weighted by Crippen LogP contribution is -2.71. The molecule has 8 aliphatic heterocycles. The molecule has 42 heteroatoms. The SMILES string of the molecule is C[C@@H]1O[C@@H](O[C@H]2[C@H](OC(=O)[C@]34CCC(C)(C)C[C@H]3C3=CCC5[C@@]6(C)C[C@H](O)[C@H](O[C@@H]7O[C@H](CO)[C@@H](O)[C@H](O)[C@H]7O[C@@H]7O[C@H](CO)[C@@H](O)[C@H](O)[C@H]7O[C@@H]7O[C@H](CO)[C@@H](O)[C@H](O)[C@H]7O)[C@@](C)(C(=O)O)C6CC[C@@]5(C)[C@]3(C)C[C@H]4O)OC[C@H](O)[C@@H]2O)[C@H](O)[C@H](O[C@@H]2OC[C@](O)(CO)[C@H]2O)[C@H]1O[C@@H]1OC[C@@H](O)[C@H](O[C@@H]2OC[C@](O)(CO)[C@H]2O)[C@H]1O. The molecule has 116 heavy (non-hydrogen) atoms. The summed E-state index contributed by atoms with van der Waals surface area (Å²) in [6, 6.07) is 0. The van der Waals surface area contributed by atoms with Gasteiger partial charge in [-0.25, -0.2) is 0 Å². The average Bonchev–Trinajstić information content (AvgIpc) is 0.731. The summed E-state index contributed by atoms with van der Waals surface area (Å²) in [5, 5.41) is 268. The fourth-order valence-corrected chi connectivity index (χ4v) is 21.4. The van der Waals surface area contributed by atoms with Crippen molar-refractivity contribution in [3.8, 4) is 0 Å². The molecule has 13 rings (SSSR count). The van der Waals surface area contributed by atoms with Crippen LogP contribution in [0.15, 0.2) is 11.6 Å². The lowest BCUT2D eigenvalue weighted by molar-refractivity contribution is -0.400. The van der Waals surface area contributed by atoms with Crippen molar-refractivity contribution in [1.29, 1.82) is 0 Å². The summed E-state index contributed by atoms with van der Waals surface area (Å²) >= 11 is 0. The Labute approximate surface area is 665 Å². The van der Waals surface area contributed by atoms with E-state index in [1.165, 1.54) is 13.8 Å². The molecule has 0 amide bonds. The average molecular weight is 1680 g/mol. The number of aliphatic hydroxyl groups is 23. The van der Waals surface area contributed by atoms with E-state index in [0.717, 1.165) is 5.57 Å². The largest absolute Gasteiger partial charge is 0.481 e. The molecule has 0 aromatic heterocycles. The van der Waals surface area contributed by atoms with Crippen LogP contribution in [0.3, 0.4) is 0 Å². The Morgan fingerprint density at radius 1 is 0.457 bits per heavy atom. The van der Waals surface area contributed by atoms with Gasteiger partial charge in [-0.1, -0.05) is 46.3 Å². The summed E-state index contributed by atoms with van der Waals surface area (Å²) in [5.41, 5.74) is -11.0. The fraction of sp³-hybridized carbons (Fsp3) is 0.946. The van der Waals surface area contributed by atoms with Gasteiger partial charge in [0.2, 0.25) is 6.29 Å². The van der Waals surface area contributed by atoms with E-state index in [9.17, 15) is 127 Å². The van der Waals surface area contributed by atoms with Gasteiger partial charge >= 0.3 is 11.9 Å². The minimum Gasteiger partial charge on any atom is -0.481 e. The molecule has 0 radical (unpaired) electrons. The Bertz CT molecular complexity index is 3420. The summed E-state index contributed by atoms with van der Waals surface area (Å²) in [7, 11) is 0. The first kappa shape index (κ1) is 90.9. The molecule has 5 aliphatic carbocycles. The Morgan fingerprint density at radius 2 is 0.940 bits per heavy atom. The molecule has 42 nitrogen and oxygen atoms in total. The van der Waals surface area contributed by atoms with E-state index in [0.29, 0.717) is 12.8 Å². The van der Waals surface area contributed by atoms with E-state index >= 15 is 4.79 Å². The number of hydrogen-bond acceptors (Lipinski definition) is 41. The maximum absolute atomic E-state index is 15.9. The highest BCUT2D eigenvalue weighted by Gasteiger charge is 2.75. The molecule has 2 unspecified atom stereocenters. The van der Waals surface area contributed by atoms with Crippen molar-refractivity contribution in [2.24, 2.45) is 50.2 Å². The van der Waals surface area contributed by atoms with Crippen LogP contribution in [0, 0.1) is 50.2 Å². The smallest absolute Gasteiger partial charge is 0.317 e. The number of allylic oxidation sites excluding steroid dienone is 2. The minimum atomic E-state index is -2.29. The summed E-state index contributed by atoms with van der Waals surface area (Å²) in [5.74, 6) is -4.63. The van der Waals surface area contributed by atoms with Crippen molar-refractivity contribution < 1.29 is 208 Å². The third-order valence-electron chi connectivity index (χ3n) is 28.6. The van der Waals surface area contributed by atoms with Crippen molar-refractivity contribution >= 4 is 11.9 Å². The third-order valence-corrected chi connectivity index (χ3v) is 28.6. The highest BCUT2D eigenvalue weighted by molar-refractivity contribution is 5.80. The molecule has 13 aliphatic rings. The third kappa shape index (κ3) is 15.3. The number of fused-ring (bicyclic) bond motifs is 7.